The molecule has 0 N–H and O–H groups in total. The Bertz CT molecular complexity index is 1120. The number of benzene rings is 2. The number of hydrogen-bond donors (Lipinski definition) is 0. The average molecular weight is 447 g/mol. The van der Waals surface area contributed by atoms with Crippen molar-refractivity contribution < 1.29 is 13.9 Å². The number of nitrogens with zero attached hydrogens (tertiary/aromatic N) is 2. The van der Waals surface area contributed by atoms with E-state index in [0.29, 0.717) is 37.5 Å². The van der Waals surface area contributed by atoms with E-state index in [1.54, 1.807) is 12.1 Å². The molecule has 3 aromatic rings. The van der Waals surface area contributed by atoms with Crippen LogP contribution in [0.25, 0.3) is 10.8 Å². The van der Waals surface area contributed by atoms with E-state index in [1.165, 1.54) is 22.4 Å². The zero-order chi connectivity index (χ0) is 22.7. The van der Waals surface area contributed by atoms with Gasteiger partial charge in [-0.3, -0.25) is 9.78 Å². The number of fused-ring (bicyclic) bond motifs is 1. The second-order valence-corrected chi connectivity index (χ2v) is 9.49. The predicted octanol–water partition coefficient (Wildman–Crippen LogP) is 5.29. The molecule has 2 aliphatic rings. The minimum atomic E-state index is -0.816. The lowest BCUT2D eigenvalue weighted by molar-refractivity contribution is -0.141. The van der Waals surface area contributed by atoms with Crippen LogP contribution in [0, 0.1) is 11.7 Å². The van der Waals surface area contributed by atoms with Crippen molar-refractivity contribution in [2.24, 2.45) is 5.92 Å². The second kappa shape index (κ2) is 9.60. The molecule has 0 bridgehead atoms. The summed E-state index contributed by atoms with van der Waals surface area (Å²) in [5.74, 6) is 0.293. The van der Waals surface area contributed by atoms with E-state index < -0.39 is 5.41 Å². The smallest absolute Gasteiger partial charge is 0.233 e. The highest BCUT2D eigenvalue weighted by molar-refractivity contribution is 5.88. The molecule has 0 spiro atoms. The van der Waals surface area contributed by atoms with Gasteiger partial charge in [0.1, 0.15) is 5.82 Å². The number of halogens is 1. The minimum Gasteiger partial charge on any atom is -0.381 e. The van der Waals surface area contributed by atoms with Crippen molar-refractivity contribution in [3.63, 3.8) is 0 Å². The van der Waals surface area contributed by atoms with Gasteiger partial charge < -0.3 is 9.64 Å². The maximum atomic E-state index is 14.8. The first-order valence-corrected chi connectivity index (χ1v) is 12.1. The van der Waals surface area contributed by atoms with Gasteiger partial charge in [0.25, 0.3) is 0 Å². The minimum absolute atomic E-state index is 0.0726. The SMILES string of the molecule is O=C(N1CCCC(Cc2cncc3ccccc23)CC1)C1(c2ccccc2F)CCOCC1. The molecule has 1 aromatic heterocycles. The lowest BCUT2D eigenvalue weighted by Gasteiger charge is -2.40. The van der Waals surface area contributed by atoms with Crippen LogP contribution in [0.5, 0.6) is 0 Å². The normalized spacial score (nSPS) is 21.0. The van der Waals surface area contributed by atoms with Crippen molar-refractivity contribution in [1.82, 2.24) is 9.88 Å². The summed E-state index contributed by atoms with van der Waals surface area (Å²) in [6.07, 6.45) is 8.97. The number of hydrogen-bond acceptors (Lipinski definition) is 3. The summed E-state index contributed by atoms with van der Waals surface area (Å²) in [5, 5.41) is 2.44. The monoisotopic (exact) mass is 446 g/mol. The molecule has 0 saturated carbocycles. The van der Waals surface area contributed by atoms with Crippen LogP contribution in [-0.2, 0) is 21.4 Å². The van der Waals surface area contributed by atoms with Crippen LogP contribution in [0.4, 0.5) is 4.39 Å². The Kier molecular flexibility index (Phi) is 6.41. The summed E-state index contributed by atoms with van der Waals surface area (Å²) in [6, 6.07) is 15.2. The van der Waals surface area contributed by atoms with E-state index in [0.717, 1.165) is 38.8 Å². The average Bonchev–Trinajstić information content (AvgIpc) is 3.10. The van der Waals surface area contributed by atoms with Crippen LogP contribution in [0.3, 0.4) is 0 Å². The van der Waals surface area contributed by atoms with Gasteiger partial charge >= 0.3 is 0 Å². The molecular weight excluding hydrogens is 415 g/mol. The third-order valence-corrected chi connectivity index (χ3v) is 7.54. The Hall–Kier alpha value is -2.79. The fourth-order valence-corrected chi connectivity index (χ4v) is 5.70. The Morgan fingerprint density at radius 3 is 2.67 bits per heavy atom. The number of carbonyl (C=O) groups is 1. The lowest BCUT2D eigenvalue weighted by Crippen LogP contribution is -2.50. The Balaban J connectivity index is 1.33. The first kappa shape index (κ1) is 22.0. The fourth-order valence-electron chi connectivity index (χ4n) is 5.70. The van der Waals surface area contributed by atoms with Crippen molar-refractivity contribution >= 4 is 16.7 Å². The number of amides is 1. The third-order valence-electron chi connectivity index (χ3n) is 7.54. The maximum absolute atomic E-state index is 14.8. The van der Waals surface area contributed by atoms with Crippen LogP contribution >= 0.6 is 0 Å². The van der Waals surface area contributed by atoms with Crippen molar-refractivity contribution in [3.05, 3.63) is 77.9 Å². The number of pyridine rings is 1. The Morgan fingerprint density at radius 2 is 1.82 bits per heavy atom. The maximum Gasteiger partial charge on any atom is 0.233 e. The molecule has 172 valence electrons. The molecule has 0 radical (unpaired) electrons. The molecule has 3 heterocycles. The molecule has 33 heavy (non-hydrogen) atoms. The van der Waals surface area contributed by atoms with Gasteiger partial charge in [-0.25, -0.2) is 4.39 Å². The van der Waals surface area contributed by atoms with E-state index in [2.05, 4.69) is 23.2 Å². The largest absolute Gasteiger partial charge is 0.381 e. The molecule has 1 unspecified atom stereocenters. The van der Waals surface area contributed by atoms with Crippen molar-refractivity contribution in [2.75, 3.05) is 26.3 Å². The summed E-state index contributed by atoms with van der Waals surface area (Å²) in [5.41, 5.74) is 0.995. The van der Waals surface area contributed by atoms with E-state index in [1.807, 2.05) is 29.4 Å². The van der Waals surface area contributed by atoms with Crippen LogP contribution < -0.4 is 0 Å². The van der Waals surface area contributed by atoms with Crippen molar-refractivity contribution in [3.8, 4) is 0 Å². The molecule has 2 saturated heterocycles. The molecule has 0 aliphatic carbocycles. The Labute approximate surface area is 194 Å². The summed E-state index contributed by atoms with van der Waals surface area (Å²) < 4.78 is 20.4. The highest BCUT2D eigenvalue weighted by atomic mass is 19.1. The second-order valence-electron chi connectivity index (χ2n) is 9.49. The lowest BCUT2D eigenvalue weighted by atomic mass is 9.72. The first-order chi connectivity index (χ1) is 16.2. The zero-order valence-corrected chi connectivity index (χ0v) is 19.0. The zero-order valence-electron chi connectivity index (χ0n) is 19.0. The van der Waals surface area contributed by atoms with Gasteiger partial charge in [-0.05, 0) is 61.5 Å². The highest BCUT2D eigenvalue weighted by Gasteiger charge is 2.45. The van der Waals surface area contributed by atoms with Gasteiger partial charge in [0.2, 0.25) is 5.91 Å². The molecule has 5 heteroatoms. The Morgan fingerprint density at radius 1 is 1.03 bits per heavy atom. The van der Waals surface area contributed by atoms with Crippen LogP contribution in [0.15, 0.2) is 60.9 Å². The van der Waals surface area contributed by atoms with E-state index >= 15 is 0 Å². The van der Waals surface area contributed by atoms with Crippen LogP contribution in [0.2, 0.25) is 0 Å². The van der Waals surface area contributed by atoms with Gasteiger partial charge in [0, 0.05) is 49.6 Å². The topological polar surface area (TPSA) is 42.4 Å². The highest BCUT2D eigenvalue weighted by Crippen LogP contribution is 2.39. The molecular formula is C28H31FN2O2. The molecule has 5 rings (SSSR count). The quantitative estimate of drug-likeness (QED) is 0.547. The molecule has 4 nitrogen and oxygen atoms in total. The first-order valence-electron chi connectivity index (χ1n) is 12.1. The number of likely N-dealkylation sites (tertiary alicyclic amines) is 1. The molecule has 1 atom stereocenters. The molecule has 1 amide bonds. The van der Waals surface area contributed by atoms with Gasteiger partial charge in [-0.1, -0.05) is 42.5 Å². The number of carbonyl (C=O) groups excluding carboxylic acids is 1. The summed E-state index contributed by atoms with van der Waals surface area (Å²) in [4.78, 5) is 20.4. The van der Waals surface area contributed by atoms with Gasteiger partial charge in [0.05, 0.1) is 5.41 Å². The van der Waals surface area contributed by atoms with E-state index in [4.69, 9.17) is 4.74 Å². The summed E-state index contributed by atoms with van der Waals surface area (Å²) >= 11 is 0. The van der Waals surface area contributed by atoms with E-state index in [-0.39, 0.29) is 11.7 Å². The van der Waals surface area contributed by atoms with Crippen molar-refractivity contribution in [2.45, 2.75) is 43.9 Å². The predicted molar refractivity (Wildman–Crippen MR) is 127 cm³/mol. The number of aromatic nitrogens is 1. The van der Waals surface area contributed by atoms with Crippen LogP contribution in [-0.4, -0.2) is 42.1 Å². The summed E-state index contributed by atoms with van der Waals surface area (Å²) in [6.45, 7) is 2.44. The molecule has 2 aromatic carbocycles. The summed E-state index contributed by atoms with van der Waals surface area (Å²) in [7, 11) is 0. The number of ether oxygens (including phenoxy) is 1. The molecule has 2 fully saturated rings. The van der Waals surface area contributed by atoms with E-state index in [9.17, 15) is 9.18 Å². The van der Waals surface area contributed by atoms with Crippen molar-refractivity contribution in [1.29, 1.82) is 0 Å². The third kappa shape index (κ3) is 4.39. The van der Waals surface area contributed by atoms with Gasteiger partial charge in [-0.2, -0.15) is 0 Å². The van der Waals surface area contributed by atoms with Crippen LogP contribution in [0.1, 0.15) is 43.2 Å². The van der Waals surface area contributed by atoms with Gasteiger partial charge in [-0.15, -0.1) is 0 Å². The molecule has 2 aliphatic heterocycles. The van der Waals surface area contributed by atoms with Gasteiger partial charge in [0.15, 0.2) is 0 Å². The fraction of sp³-hybridized carbons (Fsp3) is 0.429. The standard InChI is InChI=1S/C28H31FN2O2/c29-26-10-4-3-9-25(26)28(12-16-33-17-13-28)27(32)31-14-5-6-21(11-15-31)18-23-20-30-19-22-7-1-2-8-24(22)23/h1-4,7-10,19-21H,5-6,11-18H2. The number of rotatable bonds is 4.